The van der Waals surface area contributed by atoms with Crippen LogP contribution in [0.5, 0.6) is 0 Å². The van der Waals surface area contributed by atoms with E-state index in [9.17, 15) is 8.78 Å². The zero-order valence-corrected chi connectivity index (χ0v) is 15.7. The van der Waals surface area contributed by atoms with Gasteiger partial charge in [-0.1, -0.05) is 23.8 Å². The van der Waals surface area contributed by atoms with Crippen molar-refractivity contribution in [1.82, 2.24) is 14.8 Å². The van der Waals surface area contributed by atoms with Gasteiger partial charge in [-0.15, -0.1) is 10.2 Å². The zero-order chi connectivity index (χ0) is 20.0. The van der Waals surface area contributed by atoms with E-state index in [-0.39, 0.29) is 11.6 Å². The quantitative estimate of drug-likeness (QED) is 0.391. The SMILES string of the molecule is Cc1ccc2c(c1)c1nnc(-c3ccc(F)cc3)c-1cn2Cc1ccc(F)cc1. The Morgan fingerprint density at radius 1 is 0.793 bits per heavy atom. The van der Waals surface area contributed by atoms with E-state index in [0.717, 1.165) is 44.5 Å². The number of halogens is 2. The Morgan fingerprint density at radius 2 is 1.45 bits per heavy atom. The van der Waals surface area contributed by atoms with Crippen LogP contribution in [-0.2, 0) is 6.54 Å². The van der Waals surface area contributed by atoms with Gasteiger partial charge in [0.15, 0.2) is 0 Å². The molecule has 0 amide bonds. The van der Waals surface area contributed by atoms with Crippen LogP contribution in [0.3, 0.4) is 0 Å². The largest absolute Gasteiger partial charge is 0.342 e. The second-order valence-electron chi connectivity index (χ2n) is 7.22. The fraction of sp³-hybridized carbons (Fsp3) is 0.0833. The molecule has 5 heteroatoms. The highest BCUT2D eigenvalue weighted by Gasteiger charge is 2.20. The molecule has 2 aliphatic heterocycles. The van der Waals surface area contributed by atoms with Gasteiger partial charge in [0, 0.05) is 29.3 Å². The minimum absolute atomic E-state index is 0.252. The Kier molecular flexibility index (Phi) is 4.09. The molecule has 0 aliphatic carbocycles. The van der Waals surface area contributed by atoms with E-state index in [1.165, 1.54) is 24.3 Å². The molecule has 0 fully saturated rings. The first-order chi connectivity index (χ1) is 14.1. The average Bonchev–Trinajstić information content (AvgIpc) is 3.14. The van der Waals surface area contributed by atoms with Crippen molar-refractivity contribution in [3.63, 3.8) is 0 Å². The monoisotopic (exact) mass is 385 g/mol. The Labute approximate surface area is 166 Å². The predicted molar refractivity (Wildman–Crippen MR) is 110 cm³/mol. The third-order valence-electron chi connectivity index (χ3n) is 5.15. The fourth-order valence-electron chi connectivity index (χ4n) is 3.69. The Hall–Kier alpha value is -3.60. The molecule has 0 unspecified atom stereocenters. The van der Waals surface area contributed by atoms with E-state index in [1.54, 1.807) is 24.3 Å². The third kappa shape index (κ3) is 3.14. The van der Waals surface area contributed by atoms with Crippen LogP contribution in [-0.4, -0.2) is 14.8 Å². The molecule has 2 aliphatic rings. The maximum absolute atomic E-state index is 13.4. The second kappa shape index (κ2) is 6.78. The summed E-state index contributed by atoms with van der Waals surface area (Å²) in [6.45, 7) is 2.63. The van der Waals surface area contributed by atoms with Gasteiger partial charge in [-0.25, -0.2) is 8.78 Å². The molecule has 0 bridgehead atoms. The maximum Gasteiger partial charge on any atom is 0.123 e. The summed E-state index contributed by atoms with van der Waals surface area (Å²) in [5.41, 5.74) is 6.40. The molecule has 0 saturated carbocycles. The highest BCUT2D eigenvalue weighted by atomic mass is 19.1. The number of aryl methyl sites for hydroxylation is 1. The summed E-state index contributed by atoms with van der Waals surface area (Å²) in [6, 6.07) is 19.0. The van der Waals surface area contributed by atoms with Crippen LogP contribution in [0.15, 0.2) is 72.9 Å². The van der Waals surface area contributed by atoms with Gasteiger partial charge < -0.3 is 4.57 Å². The van der Waals surface area contributed by atoms with Gasteiger partial charge in [-0.05, 0) is 61.0 Å². The summed E-state index contributed by atoms with van der Waals surface area (Å²) in [6.07, 6.45) is 2.02. The highest BCUT2D eigenvalue weighted by molar-refractivity contribution is 5.98. The van der Waals surface area contributed by atoms with E-state index in [2.05, 4.69) is 33.0 Å². The fourth-order valence-corrected chi connectivity index (χ4v) is 3.69. The molecule has 0 aromatic heterocycles. The van der Waals surface area contributed by atoms with Crippen molar-refractivity contribution in [2.75, 3.05) is 0 Å². The van der Waals surface area contributed by atoms with Crippen molar-refractivity contribution in [3.05, 3.63) is 95.7 Å². The molecule has 0 atom stereocenters. The van der Waals surface area contributed by atoms with E-state index in [4.69, 9.17) is 0 Å². The Bertz CT molecular complexity index is 1290. The van der Waals surface area contributed by atoms with Crippen molar-refractivity contribution < 1.29 is 8.78 Å². The summed E-state index contributed by atoms with van der Waals surface area (Å²) >= 11 is 0. The first-order valence-corrected chi connectivity index (χ1v) is 9.35. The molecule has 3 nitrogen and oxygen atoms in total. The lowest BCUT2D eigenvalue weighted by atomic mass is 10.0. The molecule has 3 aromatic carbocycles. The first kappa shape index (κ1) is 17.5. The number of hydrogen-bond donors (Lipinski definition) is 0. The van der Waals surface area contributed by atoms with Crippen LogP contribution in [0, 0.1) is 18.6 Å². The number of aromatic nitrogens is 3. The molecule has 5 rings (SSSR count). The molecule has 142 valence electrons. The van der Waals surface area contributed by atoms with Crippen molar-refractivity contribution in [2.45, 2.75) is 13.5 Å². The van der Waals surface area contributed by atoms with Gasteiger partial charge in [-0.3, -0.25) is 0 Å². The molecular weight excluding hydrogens is 368 g/mol. The summed E-state index contributed by atoms with van der Waals surface area (Å²) < 4.78 is 28.8. The number of rotatable bonds is 3. The van der Waals surface area contributed by atoms with Crippen LogP contribution < -0.4 is 0 Å². The summed E-state index contributed by atoms with van der Waals surface area (Å²) in [5, 5.41) is 9.84. The van der Waals surface area contributed by atoms with Gasteiger partial charge in [-0.2, -0.15) is 0 Å². The highest BCUT2D eigenvalue weighted by Crippen LogP contribution is 2.37. The normalized spacial score (nSPS) is 11.4. The van der Waals surface area contributed by atoms with E-state index < -0.39 is 0 Å². The maximum atomic E-state index is 13.4. The summed E-state index contributed by atoms with van der Waals surface area (Å²) in [5.74, 6) is -0.539. The zero-order valence-electron chi connectivity index (χ0n) is 15.7. The Morgan fingerprint density at radius 3 is 2.17 bits per heavy atom. The van der Waals surface area contributed by atoms with Crippen LogP contribution in [0.25, 0.3) is 33.4 Å². The van der Waals surface area contributed by atoms with Crippen molar-refractivity contribution >= 4 is 10.9 Å². The molecule has 0 N–H and O–H groups in total. The lowest BCUT2D eigenvalue weighted by Gasteiger charge is -2.16. The second-order valence-corrected chi connectivity index (χ2v) is 7.22. The van der Waals surface area contributed by atoms with Crippen molar-refractivity contribution in [3.8, 4) is 22.5 Å². The lowest BCUT2D eigenvalue weighted by Crippen LogP contribution is -2.04. The standard InChI is InChI=1S/C24H17F2N3/c1-15-2-11-22-20(12-15)24-21(14-29(22)13-16-3-7-18(25)8-4-16)23(27-28-24)17-5-9-19(26)10-6-17/h2-12,14H,13H2,1H3. The number of nitrogens with zero attached hydrogens (tertiary/aromatic N) is 3. The molecule has 0 spiro atoms. The van der Waals surface area contributed by atoms with Crippen molar-refractivity contribution in [1.29, 1.82) is 0 Å². The molecular formula is C24H17F2N3. The summed E-state index contributed by atoms with van der Waals surface area (Å²) in [4.78, 5) is 0. The smallest absolute Gasteiger partial charge is 0.123 e. The van der Waals surface area contributed by atoms with Crippen LogP contribution >= 0.6 is 0 Å². The number of fused-ring (bicyclic) bond motifs is 3. The van der Waals surface area contributed by atoms with Crippen molar-refractivity contribution in [2.24, 2.45) is 0 Å². The van der Waals surface area contributed by atoms with Gasteiger partial charge in [0.1, 0.15) is 23.0 Å². The Balaban J connectivity index is 1.73. The first-order valence-electron chi connectivity index (χ1n) is 9.35. The minimum Gasteiger partial charge on any atom is -0.342 e. The predicted octanol–water partition coefficient (Wildman–Crippen LogP) is 5.84. The van der Waals surface area contributed by atoms with Gasteiger partial charge in [0.25, 0.3) is 0 Å². The molecule has 0 radical (unpaired) electrons. The van der Waals surface area contributed by atoms with Crippen LogP contribution in [0.4, 0.5) is 8.78 Å². The minimum atomic E-state index is -0.287. The van der Waals surface area contributed by atoms with E-state index in [0.29, 0.717) is 6.54 Å². The van der Waals surface area contributed by atoms with E-state index in [1.807, 2.05) is 13.1 Å². The van der Waals surface area contributed by atoms with E-state index >= 15 is 0 Å². The van der Waals surface area contributed by atoms with Crippen LogP contribution in [0.1, 0.15) is 11.1 Å². The average molecular weight is 385 g/mol. The third-order valence-corrected chi connectivity index (χ3v) is 5.15. The number of pyridine rings is 1. The van der Waals surface area contributed by atoms with Gasteiger partial charge in [0.2, 0.25) is 0 Å². The molecule has 29 heavy (non-hydrogen) atoms. The number of benzene rings is 3. The molecule has 0 saturated heterocycles. The number of hydrogen-bond acceptors (Lipinski definition) is 2. The summed E-state index contributed by atoms with van der Waals surface area (Å²) in [7, 11) is 0. The lowest BCUT2D eigenvalue weighted by molar-refractivity contribution is 0.626. The van der Waals surface area contributed by atoms with Gasteiger partial charge in [0.05, 0.1) is 5.52 Å². The topological polar surface area (TPSA) is 30.7 Å². The van der Waals surface area contributed by atoms with Crippen LogP contribution in [0.2, 0.25) is 0 Å². The molecule has 3 aromatic rings. The van der Waals surface area contributed by atoms with Gasteiger partial charge >= 0.3 is 0 Å². The molecule has 2 heterocycles.